The van der Waals surface area contributed by atoms with Crippen LogP contribution in [0.1, 0.15) is 24.6 Å². The van der Waals surface area contributed by atoms with Crippen molar-refractivity contribution in [1.29, 1.82) is 0 Å². The van der Waals surface area contributed by atoms with E-state index in [1.807, 2.05) is 0 Å². The molecule has 0 atom stereocenters. The Morgan fingerprint density at radius 2 is 2.07 bits per heavy atom. The van der Waals surface area contributed by atoms with Gasteiger partial charge in [-0.05, 0) is 18.9 Å². The third-order valence-corrected chi connectivity index (χ3v) is 2.14. The van der Waals surface area contributed by atoms with Crippen molar-refractivity contribution in [3.8, 4) is 0 Å². The summed E-state index contributed by atoms with van der Waals surface area (Å²) < 4.78 is 50.7. The Morgan fingerprint density at radius 1 is 1.43 bits per heavy atom. The number of aromatic nitrogens is 2. The quantitative estimate of drug-likeness (QED) is 0.698. The topological polar surface area (TPSA) is 17.8 Å². The van der Waals surface area contributed by atoms with Crippen molar-refractivity contribution in [1.82, 2.24) is 9.78 Å². The van der Waals surface area contributed by atoms with Gasteiger partial charge in [-0.25, -0.2) is 8.78 Å². The highest BCUT2D eigenvalue weighted by molar-refractivity contribution is 5.09. The van der Waals surface area contributed by atoms with Crippen LogP contribution in [0.3, 0.4) is 0 Å². The van der Waals surface area contributed by atoms with Crippen LogP contribution in [-0.4, -0.2) is 16.2 Å². The van der Waals surface area contributed by atoms with E-state index in [0.717, 1.165) is 18.9 Å². The van der Waals surface area contributed by atoms with Gasteiger partial charge in [0.2, 0.25) is 0 Å². The van der Waals surface area contributed by atoms with Crippen molar-refractivity contribution in [2.24, 2.45) is 0 Å². The van der Waals surface area contributed by atoms with Crippen LogP contribution in [0, 0.1) is 0 Å². The highest BCUT2D eigenvalue weighted by atomic mass is 19.3. The van der Waals surface area contributed by atoms with Gasteiger partial charge in [0.1, 0.15) is 5.69 Å². The second-order valence-corrected chi connectivity index (χ2v) is 3.34. The highest BCUT2D eigenvalue weighted by Gasteiger charge is 2.45. The van der Waals surface area contributed by atoms with Crippen LogP contribution in [0.15, 0.2) is 12.3 Å². The lowest BCUT2D eigenvalue weighted by molar-refractivity contribution is -0.138. The van der Waals surface area contributed by atoms with Gasteiger partial charge < -0.3 is 0 Å². The summed E-state index contributed by atoms with van der Waals surface area (Å²) >= 11 is 0. The fourth-order valence-corrected chi connectivity index (χ4v) is 1.17. The molecule has 0 bridgehead atoms. The van der Waals surface area contributed by atoms with Gasteiger partial charge >= 0.3 is 12.3 Å². The van der Waals surface area contributed by atoms with Gasteiger partial charge in [0.05, 0.1) is 6.04 Å². The minimum absolute atomic E-state index is 0.122. The van der Waals surface area contributed by atoms with Crippen LogP contribution >= 0.6 is 0 Å². The summed E-state index contributed by atoms with van der Waals surface area (Å²) in [5.74, 6) is -4.14. The number of hydrogen-bond acceptors (Lipinski definition) is 1. The first-order valence-corrected chi connectivity index (χ1v) is 4.23. The first-order valence-electron chi connectivity index (χ1n) is 4.23. The second kappa shape index (κ2) is 2.96. The van der Waals surface area contributed by atoms with Gasteiger partial charge in [-0.1, -0.05) is 0 Å². The van der Waals surface area contributed by atoms with E-state index in [0.29, 0.717) is 0 Å². The molecule has 1 fully saturated rings. The van der Waals surface area contributed by atoms with E-state index in [1.165, 1.54) is 10.9 Å². The second-order valence-electron chi connectivity index (χ2n) is 3.34. The zero-order valence-corrected chi connectivity index (χ0v) is 7.13. The average Bonchev–Trinajstić information content (AvgIpc) is 2.83. The summed E-state index contributed by atoms with van der Waals surface area (Å²) in [6, 6.07) is 1.07. The molecule has 6 heteroatoms. The molecule has 0 spiro atoms. The monoisotopic (exact) mass is 208 g/mol. The van der Waals surface area contributed by atoms with E-state index in [-0.39, 0.29) is 6.04 Å². The molecule has 0 saturated heterocycles. The molecule has 1 aromatic rings. The molecule has 2 rings (SSSR count). The van der Waals surface area contributed by atoms with Gasteiger partial charge in [-0.2, -0.15) is 13.9 Å². The Balaban J connectivity index is 2.22. The molecular formula is C8H8F4N2. The Hall–Kier alpha value is -1.07. The summed E-state index contributed by atoms with van der Waals surface area (Å²) in [6.45, 7) is 0. The van der Waals surface area contributed by atoms with Crippen molar-refractivity contribution in [3.05, 3.63) is 18.0 Å². The summed E-state index contributed by atoms with van der Waals surface area (Å²) in [6.07, 6.45) is -0.628. The summed E-state index contributed by atoms with van der Waals surface area (Å²) in [5.41, 5.74) is -0.848. The van der Waals surface area contributed by atoms with E-state index >= 15 is 0 Å². The molecule has 0 radical (unpaired) electrons. The zero-order valence-electron chi connectivity index (χ0n) is 7.13. The van der Waals surface area contributed by atoms with Crippen molar-refractivity contribution < 1.29 is 17.6 Å². The lowest BCUT2D eigenvalue weighted by Crippen LogP contribution is -2.24. The van der Waals surface area contributed by atoms with E-state index in [4.69, 9.17) is 0 Å². The molecule has 1 saturated carbocycles. The molecule has 2 nitrogen and oxygen atoms in total. The summed E-state index contributed by atoms with van der Waals surface area (Å²) in [7, 11) is 0. The molecule has 0 aliphatic heterocycles. The summed E-state index contributed by atoms with van der Waals surface area (Å²) in [5, 5.41) is 3.45. The fourth-order valence-electron chi connectivity index (χ4n) is 1.17. The van der Waals surface area contributed by atoms with Crippen LogP contribution in [-0.2, 0) is 5.92 Å². The van der Waals surface area contributed by atoms with Gasteiger partial charge in [-0.3, -0.25) is 4.68 Å². The Morgan fingerprint density at radius 3 is 2.57 bits per heavy atom. The third kappa shape index (κ3) is 1.49. The number of rotatable bonds is 3. The third-order valence-electron chi connectivity index (χ3n) is 2.14. The molecule has 78 valence electrons. The molecule has 1 aliphatic carbocycles. The molecule has 14 heavy (non-hydrogen) atoms. The number of nitrogens with zero attached hydrogens (tertiary/aromatic N) is 2. The lowest BCUT2D eigenvalue weighted by Gasteiger charge is -2.11. The van der Waals surface area contributed by atoms with Crippen LogP contribution in [0.5, 0.6) is 0 Å². The molecule has 0 aromatic carbocycles. The molecule has 0 amide bonds. The molecule has 1 heterocycles. The van der Waals surface area contributed by atoms with Gasteiger partial charge in [0, 0.05) is 6.20 Å². The van der Waals surface area contributed by atoms with E-state index in [1.54, 1.807) is 0 Å². The Bertz CT molecular complexity index is 330. The standard InChI is InChI=1S/C8H8F4N2/c9-7(10)8(11,12)6-3-4-14(13-6)5-1-2-5/h3-5,7H,1-2H2. The lowest BCUT2D eigenvalue weighted by atomic mass is 10.2. The smallest absolute Gasteiger partial charge is 0.269 e. The van der Waals surface area contributed by atoms with Crippen molar-refractivity contribution in [3.63, 3.8) is 0 Å². The predicted molar refractivity (Wildman–Crippen MR) is 40.4 cm³/mol. The van der Waals surface area contributed by atoms with Crippen LogP contribution in [0.25, 0.3) is 0 Å². The normalized spacial score (nSPS) is 17.8. The van der Waals surface area contributed by atoms with Crippen LogP contribution in [0.4, 0.5) is 17.6 Å². The number of alkyl halides is 4. The van der Waals surface area contributed by atoms with E-state index < -0.39 is 18.0 Å². The minimum Gasteiger partial charge on any atom is -0.269 e. The van der Waals surface area contributed by atoms with Crippen molar-refractivity contribution >= 4 is 0 Å². The molecule has 1 aliphatic rings. The number of halogens is 4. The highest BCUT2D eigenvalue weighted by Crippen LogP contribution is 2.37. The van der Waals surface area contributed by atoms with E-state index in [9.17, 15) is 17.6 Å². The minimum atomic E-state index is -4.14. The Kier molecular flexibility index (Phi) is 2.01. The number of hydrogen-bond donors (Lipinski definition) is 0. The predicted octanol–water partition coefficient (Wildman–Crippen LogP) is 2.57. The van der Waals surface area contributed by atoms with Crippen LogP contribution in [0.2, 0.25) is 0 Å². The maximum absolute atomic E-state index is 12.7. The maximum Gasteiger partial charge on any atom is 0.350 e. The van der Waals surface area contributed by atoms with E-state index in [2.05, 4.69) is 5.10 Å². The van der Waals surface area contributed by atoms with Crippen LogP contribution < -0.4 is 0 Å². The van der Waals surface area contributed by atoms with Gasteiger partial charge in [-0.15, -0.1) is 0 Å². The van der Waals surface area contributed by atoms with Crippen molar-refractivity contribution in [2.45, 2.75) is 31.2 Å². The van der Waals surface area contributed by atoms with Gasteiger partial charge in [0.25, 0.3) is 0 Å². The molecular weight excluding hydrogens is 200 g/mol. The molecule has 0 N–H and O–H groups in total. The first-order chi connectivity index (χ1) is 6.51. The average molecular weight is 208 g/mol. The fraction of sp³-hybridized carbons (Fsp3) is 0.625. The molecule has 0 unspecified atom stereocenters. The Labute approximate surface area is 77.5 Å². The maximum atomic E-state index is 12.7. The summed E-state index contributed by atoms with van der Waals surface area (Å²) in [4.78, 5) is 0. The largest absolute Gasteiger partial charge is 0.350 e. The zero-order chi connectivity index (χ0) is 10.3. The SMILES string of the molecule is FC(F)C(F)(F)c1ccn(C2CC2)n1. The van der Waals surface area contributed by atoms with Crippen molar-refractivity contribution in [2.75, 3.05) is 0 Å². The van der Waals surface area contributed by atoms with Gasteiger partial charge in [0.15, 0.2) is 0 Å². The molecule has 1 aromatic heterocycles. The first kappa shape index (κ1) is 9.48.